The van der Waals surface area contributed by atoms with Crippen LogP contribution < -0.4 is 0 Å². The number of aliphatic hydroxyl groups is 1. The zero-order valence-electron chi connectivity index (χ0n) is 5.45. The summed E-state index contributed by atoms with van der Waals surface area (Å²) in [6.45, 7) is 5.06. The average Bonchev–Trinajstić information content (AvgIpc) is 1.89. The van der Waals surface area contributed by atoms with E-state index in [4.69, 9.17) is 6.57 Å². The van der Waals surface area contributed by atoms with E-state index in [0.29, 0.717) is 0 Å². The molecule has 50 valence electrons. The highest BCUT2D eigenvalue weighted by Gasteiger charge is 2.29. The van der Waals surface area contributed by atoms with E-state index in [0.717, 1.165) is 25.7 Å². The minimum atomic E-state index is -0.274. The van der Waals surface area contributed by atoms with Gasteiger partial charge in [0, 0.05) is 6.42 Å². The Morgan fingerprint density at radius 2 is 2.00 bits per heavy atom. The van der Waals surface area contributed by atoms with Gasteiger partial charge in [0.1, 0.15) is 6.10 Å². The van der Waals surface area contributed by atoms with Gasteiger partial charge in [-0.05, 0) is 12.8 Å². The summed E-state index contributed by atoms with van der Waals surface area (Å²) in [4.78, 5) is 3.58. The van der Waals surface area contributed by atoms with Crippen molar-refractivity contribution in [1.29, 1.82) is 0 Å². The molecular formula is C7H12NO+. The third-order valence-electron chi connectivity index (χ3n) is 1.89. The standard InChI is InChI=1S/C7H12NO/c1-8-6-4-2-3-5-7(6)9/h1,6-7,9H,2-5H2/q+1. The fourth-order valence-electron chi connectivity index (χ4n) is 1.27. The molecule has 1 aliphatic rings. The third kappa shape index (κ3) is 1.43. The lowest BCUT2D eigenvalue weighted by Gasteiger charge is -2.14. The molecule has 0 heterocycles. The Balaban J connectivity index is 2.41. The van der Waals surface area contributed by atoms with Crippen LogP contribution in [-0.2, 0) is 0 Å². The van der Waals surface area contributed by atoms with Crippen LogP contribution >= 0.6 is 0 Å². The minimum Gasteiger partial charge on any atom is -0.385 e. The van der Waals surface area contributed by atoms with E-state index in [2.05, 4.69) is 4.85 Å². The van der Waals surface area contributed by atoms with Crippen molar-refractivity contribution in [2.75, 3.05) is 0 Å². The zero-order chi connectivity index (χ0) is 6.69. The van der Waals surface area contributed by atoms with Gasteiger partial charge in [0.25, 0.3) is 12.6 Å². The van der Waals surface area contributed by atoms with Gasteiger partial charge < -0.3 is 5.11 Å². The van der Waals surface area contributed by atoms with Crippen LogP contribution in [0, 0.1) is 6.57 Å². The third-order valence-corrected chi connectivity index (χ3v) is 1.89. The maximum atomic E-state index is 9.20. The van der Waals surface area contributed by atoms with E-state index in [-0.39, 0.29) is 12.1 Å². The number of nitrogens with zero attached hydrogens (tertiary/aromatic N) is 1. The summed E-state index contributed by atoms with van der Waals surface area (Å²) < 4.78 is 0. The second kappa shape index (κ2) is 2.84. The van der Waals surface area contributed by atoms with E-state index >= 15 is 0 Å². The lowest BCUT2D eigenvalue weighted by atomic mass is 9.93. The molecule has 0 bridgehead atoms. The van der Waals surface area contributed by atoms with Crippen molar-refractivity contribution in [3.63, 3.8) is 0 Å². The van der Waals surface area contributed by atoms with Crippen molar-refractivity contribution in [3.8, 4) is 6.57 Å². The summed E-state index contributed by atoms with van der Waals surface area (Å²) in [6, 6.07) is 0.0127. The van der Waals surface area contributed by atoms with Crippen LogP contribution in [0.4, 0.5) is 0 Å². The van der Waals surface area contributed by atoms with E-state index < -0.39 is 0 Å². The van der Waals surface area contributed by atoms with Crippen molar-refractivity contribution in [2.45, 2.75) is 37.8 Å². The lowest BCUT2D eigenvalue weighted by molar-refractivity contribution is 0.122. The van der Waals surface area contributed by atoms with Gasteiger partial charge in [-0.25, -0.2) is 0 Å². The van der Waals surface area contributed by atoms with Gasteiger partial charge in [-0.1, -0.05) is 11.3 Å². The van der Waals surface area contributed by atoms with Gasteiger partial charge in [0.2, 0.25) is 0 Å². The molecule has 1 aliphatic carbocycles. The lowest BCUT2D eigenvalue weighted by Crippen LogP contribution is -2.26. The summed E-state index contributed by atoms with van der Waals surface area (Å²) in [5.74, 6) is 0. The highest BCUT2D eigenvalue weighted by atomic mass is 16.3. The van der Waals surface area contributed by atoms with Crippen LogP contribution in [0.15, 0.2) is 0 Å². The zero-order valence-corrected chi connectivity index (χ0v) is 5.45. The number of hydrogen-bond donors (Lipinski definition) is 1. The molecule has 1 rings (SSSR count). The summed E-state index contributed by atoms with van der Waals surface area (Å²) in [5, 5.41) is 9.20. The normalized spacial score (nSPS) is 35.6. The van der Waals surface area contributed by atoms with Gasteiger partial charge in [0.15, 0.2) is 0 Å². The quantitative estimate of drug-likeness (QED) is 0.519. The maximum Gasteiger partial charge on any atom is 0.297 e. The van der Waals surface area contributed by atoms with Crippen molar-refractivity contribution in [3.05, 3.63) is 4.85 Å². The molecule has 0 aromatic heterocycles. The average molecular weight is 126 g/mol. The molecule has 2 heteroatoms. The fraction of sp³-hybridized carbons (Fsp3) is 0.857. The monoisotopic (exact) mass is 126 g/mol. The topological polar surface area (TPSA) is 24.6 Å². The molecule has 1 saturated carbocycles. The van der Waals surface area contributed by atoms with Crippen molar-refractivity contribution in [1.82, 2.24) is 0 Å². The molecule has 0 aromatic carbocycles. The summed E-state index contributed by atoms with van der Waals surface area (Å²) in [5.41, 5.74) is 0. The number of aliphatic hydroxyl groups excluding tert-OH is 1. The number of hydrogen-bond acceptors (Lipinski definition) is 1. The van der Waals surface area contributed by atoms with Crippen LogP contribution in [0.2, 0.25) is 0 Å². The predicted molar refractivity (Wildman–Crippen MR) is 36.6 cm³/mol. The Morgan fingerprint density at radius 1 is 1.33 bits per heavy atom. The van der Waals surface area contributed by atoms with Crippen molar-refractivity contribution >= 4 is 0 Å². The molecule has 2 nitrogen and oxygen atoms in total. The Hall–Kier alpha value is -0.550. The molecule has 9 heavy (non-hydrogen) atoms. The molecule has 0 aliphatic heterocycles. The van der Waals surface area contributed by atoms with Gasteiger partial charge in [-0.2, -0.15) is 0 Å². The molecule has 1 fully saturated rings. The Kier molecular flexibility index (Phi) is 2.07. The Morgan fingerprint density at radius 3 is 2.44 bits per heavy atom. The van der Waals surface area contributed by atoms with Gasteiger partial charge in [-0.3, -0.25) is 0 Å². The first-order valence-electron chi connectivity index (χ1n) is 3.42. The molecule has 0 spiro atoms. The first kappa shape index (κ1) is 6.57. The summed E-state index contributed by atoms with van der Waals surface area (Å²) in [7, 11) is 0. The van der Waals surface area contributed by atoms with Gasteiger partial charge in [0.05, 0.1) is 0 Å². The van der Waals surface area contributed by atoms with E-state index in [1.165, 1.54) is 0 Å². The summed E-state index contributed by atoms with van der Waals surface area (Å²) in [6.07, 6.45) is 3.82. The first-order chi connectivity index (χ1) is 4.34. The molecule has 0 aromatic rings. The van der Waals surface area contributed by atoms with E-state index in [1.54, 1.807) is 0 Å². The largest absolute Gasteiger partial charge is 0.385 e. The van der Waals surface area contributed by atoms with E-state index in [9.17, 15) is 5.11 Å². The second-order valence-electron chi connectivity index (χ2n) is 2.57. The van der Waals surface area contributed by atoms with Crippen LogP contribution in [0.1, 0.15) is 25.7 Å². The Labute approximate surface area is 55.3 Å². The van der Waals surface area contributed by atoms with Crippen LogP contribution in [-0.4, -0.2) is 17.3 Å². The molecule has 0 radical (unpaired) electrons. The van der Waals surface area contributed by atoms with Crippen LogP contribution in [0.5, 0.6) is 0 Å². The summed E-state index contributed by atoms with van der Waals surface area (Å²) >= 11 is 0. The predicted octanol–water partition coefficient (Wildman–Crippen LogP) is 1.25. The molecular weight excluding hydrogens is 114 g/mol. The van der Waals surface area contributed by atoms with Crippen LogP contribution in [0.3, 0.4) is 0 Å². The first-order valence-corrected chi connectivity index (χ1v) is 3.42. The number of rotatable bonds is 0. The van der Waals surface area contributed by atoms with Crippen molar-refractivity contribution in [2.24, 2.45) is 0 Å². The van der Waals surface area contributed by atoms with Gasteiger partial charge in [-0.15, -0.1) is 0 Å². The smallest absolute Gasteiger partial charge is 0.297 e. The van der Waals surface area contributed by atoms with E-state index in [1.807, 2.05) is 0 Å². The minimum absolute atomic E-state index is 0.0127. The molecule has 2 unspecified atom stereocenters. The molecule has 0 amide bonds. The second-order valence-corrected chi connectivity index (χ2v) is 2.57. The SMILES string of the molecule is C#[N+]C1CCCCC1O. The van der Waals surface area contributed by atoms with Crippen molar-refractivity contribution < 1.29 is 5.11 Å². The molecule has 0 saturated heterocycles. The van der Waals surface area contributed by atoms with Gasteiger partial charge >= 0.3 is 0 Å². The molecule has 1 N–H and O–H groups in total. The highest BCUT2D eigenvalue weighted by molar-refractivity contribution is 4.90. The Bertz CT molecular complexity index is 127. The maximum absolute atomic E-state index is 9.20. The van der Waals surface area contributed by atoms with Crippen LogP contribution in [0.25, 0.3) is 4.85 Å². The molecule has 2 atom stereocenters. The highest BCUT2D eigenvalue weighted by Crippen LogP contribution is 2.20. The fourth-order valence-corrected chi connectivity index (χ4v) is 1.27.